The van der Waals surface area contributed by atoms with Crippen LogP contribution < -0.4 is 15.4 Å². The molecule has 12 heteroatoms. The van der Waals surface area contributed by atoms with Crippen LogP contribution in [0.15, 0.2) is 59.8 Å². The number of esters is 1. The lowest BCUT2D eigenvalue weighted by Gasteiger charge is -2.33. The first-order chi connectivity index (χ1) is 22.4. The number of rotatable bonds is 11. The Bertz CT molecular complexity index is 1680. The fourth-order valence-corrected chi connectivity index (χ4v) is 6.81. The highest BCUT2D eigenvalue weighted by molar-refractivity contribution is 7.99. The number of nitrogens with two attached hydrogens (primary N) is 1. The lowest BCUT2D eigenvalue weighted by Crippen LogP contribution is -2.45. The number of hydrogen-bond acceptors (Lipinski definition) is 9. The molecular formula is C35H38FN5O5S. The summed E-state index contributed by atoms with van der Waals surface area (Å²) < 4.78 is 25.9. The average Bonchev–Trinajstić information content (AvgIpc) is 3.36. The van der Waals surface area contributed by atoms with Gasteiger partial charge in [-0.15, -0.1) is 11.8 Å². The summed E-state index contributed by atoms with van der Waals surface area (Å²) in [6.07, 6.45) is 3.54. The zero-order valence-corrected chi connectivity index (χ0v) is 27.5. The molecule has 2 N–H and O–H groups in total. The number of anilines is 1. The molecule has 2 aromatic carbocycles. The van der Waals surface area contributed by atoms with Gasteiger partial charge in [-0.1, -0.05) is 12.1 Å². The summed E-state index contributed by atoms with van der Waals surface area (Å²) in [4.78, 5) is 45.9. The third-order valence-electron chi connectivity index (χ3n) is 8.04. The molecule has 2 aliphatic rings. The molecule has 5 rings (SSSR count). The van der Waals surface area contributed by atoms with Crippen molar-refractivity contribution in [2.24, 2.45) is 5.73 Å². The number of nitriles is 1. The van der Waals surface area contributed by atoms with Crippen LogP contribution in [0.2, 0.25) is 0 Å². The van der Waals surface area contributed by atoms with E-state index in [0.717, 1.165) is 36.5 Å². The third kappa shape index (κ3) is 8.40. The highest BCUT2D eigenvalue weighted by atomic mass is 32.2. The maximum Gasteiger partial charge on any atom is 0.306 e. The summed E-state index contributed by atoms with van der Waals surface area (Å²) in [5.74, 6) is -1.33. The number of pyridine rings is 1. The van der Waals surface area contributed by atoms with E-state index >= 15 is 0 Å². The summed E-state index contributed by atoms with van der Waals surface area (Å²) in [6.45, 7) is 7.09. The Balaban J connectivity index is 1.14. The van der Waals surface area contributed by atoms with Gasteiger partial charge in [0.05, 0.1) is 28.9 Å². The van der Waals surface area contributed by atoms with E-state index < -0.39 is 23.5 Å². The molecule has 3 heterocycles. The standard InChI is InChI=1S/C35H38FN5O5S/c1-35(2,3)46-32(42)12-10-29(33(38)43)41-20-26-25(34(41)44)5-4-6-30(26)45-21-23-8-11-31(39-19-23)47-24-13-15-40(16-14-24)28-9-7-22(18-37)17-27(28)36/h4-9,11,17,19,24,29H,10,12-16,20-21H2,1-3H3,(H2,38,43). The first-order valence-electron chi connectivity index (χ1n) is 15.5. The van der Waals surface area contributed by atoms with Gasteiger partial charge in [-0.2, -0.15) is 5.26 Å². The first-order valence-corrected chi connectivity index (χ1v) is 16.4. The fraction of sp³-hybridized carbons (Fsp3) is 0.400. The molecule has 2 aliphatic heterocycles. The number of amides is 2. The summed E-state index contributed by atoms with van der Waals surface area (Å²) in [7, 11) is 0. The topological polar surface area (TPSA) is 139 Å². The van der Waals surface area contributed by atoms with Crippen molar-refractivity contribution in [3.8, 4) is 11.8 Å². The monoisotopic (exact) mass is 659 g/mol. The van der Waals surface area contributed by atoms with Crippen LogP contribution >= 0.6 is 11.8 Å². The van der Waals surface area contributed by atoms with E-state index in [1.165, 1.54) is 11.0 Å². The van der Waals surface area contributed by atoms with E-state index in [9.17, 15) is 18.8 Å². The number of piperidine rings is 1. The van der Waals surface area contributed by atoms with E-state index in [-0.39, 0.29) is 37.7 Å². The van der Waals surface area contributed by atoms with Crippen LogP contribution in [-0.2, 0) is 27.5 Å². The predicted octanol–water partition coefficient (Wildman–Crippen LogP) is 5.36. The van der Waals surface area contributed by atoms with Crippen molar-refractivity contribution >= 4 is 35.2 Å². The number of carbonyl (C=O) groups excluding carboxylic acids is 3. The zero-order valence-electron chi connectivity index (χ0n) is 26.7. The molecule has 0 radical (unpaired) electrons. The average molecular weight is 660 g/mol. The second-order valence-electron chi connectivity index (χ2n) is 12.6. The number of hydrogen-bond donors (Lipinski definition) is 1. The van der Waals surface area contributed by atoms with Crippen molar-refractivity contribution in [3.63, 3.8) is 0 Å². The van der Waals surface area contributed by atoms with E-state index in [1.807, 2.05) is 23.1 Å². The molecule has 1 fully saturated rings. The quantitative estimate of drug-likeness (QED) is 0.270. The van der Waals surface area contributed by atoms with Gasteiger partial charge < -0.3 is 25.0 Å². The Morgan fingerprint density at radius 1 is 1.17 bits per heavy atom. The molecule has 0 saturated carbocycles. The van der Waals surface area contributed by atoms with Crippen molar-refractivity contribution in [2.45, 2.75) is 81.5 Å². The van der Waals surface area contributed by atoms with Crippen LogP contribution in [0.3, 0.4) is 0 Å². The molecule has 0 spiro atoms. The van der Waals surface area contributed by atoms with E-state index in [1.54, 1.807) is 69.1 Å². The Kier molecular flexibility index (Phi) is 10.3. The maximum atomic E-state index is 14.5. The molecular weight excluding hydrogens is 621 g/mol. The number of nitrogens with zero attached hydrogens (tertiary/aromatic N) is 4. The van der Waals surface area contributed by atoms with Gasteiger partial charge in [-0.3, -0.25) is 14.4 Å². The first kappa shape index (κ1) is 33.7. The van der Waals surface area contributed by atoms with Crippen LogP contribution in [0, 0.1) is 17.1 Å². The Morgan fingerprint density at radius 2 is 1.94 bits per heavy atom. The van der Waals surface area contributed by atoms with Gasteiger partial charge in [0.25, 0.3) is 5.91 Å². The second kappa shape index (κ2) is 14.4. The van der Waals surface area contributed by atoms with Gasteiger partial charge in [0.2, 0.25) is 5.91 Å². The van der Waals surface area contributed by atoms with Crippen molar-refractivity contribution in [1.29, 1.82) is 5.26 Å². The van der Waals surface area contributed by atoms with Gasteiger partial charge >= 0.3 is 5.97 Å². The summed E-state index contributed by atoms with van der Waals surface area (Å²) in [6, 6.07) is 14.7. The fourth-order valence-electron chi connectivity index (χ4n) is 5.76. The number of halogens is 1. The number of aromatic nitrogens is 1. The summed E-state index contributed by atoms with van der Waals surface area (Å²) >= 11 is 1.70. The number of primary amides is 1. The molecule has 1 atom stereocenters. The highest BCUT2D eigenvalue weighted by Gasteiger charge is 2.37. The number of benzene rings is 2. The van der Waals surface area contributed by atoms with Crippen molar-refractivity contribution in [3.05, 3.63) is 82.8 Å². The van der Waals surface area contributed by atoms with E-state index in [2.05, 4.69) is 4.98 Å². The number of ether oxygens (including phenoxy) is 2. The van der Waals surface area contributed by atoms with Gasteiger partial charge in [0.15, 0.2) is 0 Å². The maximum absolute atomic E-state index is 14.5. The van der Waals surface area contributed by atoms with Crippen LogP contribution in [0.1, 0.15) is 73.5 Å². The van der Waals surface area contributed by atoms with Crippen LogP contribution in [0.25, 0.3) is 0 Å². The van der Waals surface area contributed by atoms with E-state index in [0.29, 0.717) is 33.4 Å². The largest absolute Gasteiger partial charge is 0.488 e. The number of fused-ring (bicyclic) bond motifs is 1. The van der Waals surface area contributed by atoms with Crippen molar-refractivity contribution < 1.29 is 28.2 Å². The van der Waals surface area contributed by atoms with Gasteiger partial charge in [0.1, 0.15) is 29.8 Å². The van der Waals surface area contributed by atoms with Crippen LogP contribution in [0.4, 0.5) is 10.1 Å². The number of carbonyl (C=O) groups is 3. The second-order valence-corrected chi connectivity index (χ2v) is 14.0. The van der Waals surface area contributed by atoms with Crippen molar-refractivity contribution in [2.75, 3.05) is 18.0 Å². The van der Waals surface area contributed by atoms with Gasteiger partial charge in [-0.25, -0.2) is 9.37 Å². The molecule has 1 unspecified atom stereocenters. The minimum atomic E-state index is -0.964. The van der Waals surface area contributed by atoms with E-state index in [4.69, 9.17) is 20.5 Å². The lowest BCUT2D eigenvalue weighted by molar-refractivity contribution is -0.155. The molecule has 0 aliphatic carbocycles. The number of thioether (sulfide) groups is 1. The van der Waals surface area contributed by atoms with Gasteiger partial charge in [0, 0.05) is 47.6 Å². The molecule has 10 nitrogen and oxygen atoms in total. The van der Waals surface area contributed by atoms with Crippen LogP contribution in [0.5, 0.6) is 5.75 Å². The lowest BCUT2D eigenvalue weighted by atomic mass is 10.1. The van der Waals surface area contributed by atoms with Crippen LogP contribution in [-0.4, -0.2) is 57.6 Å². The molecule has 2 amide bonds. The Hall–Kier alpha value is -4.63. The van der Waals surface area contributed by atoms with Crippen molar-refractivity contribution in [1.82, 2.24) is 9.88 Å². The molecule has 47 heavy (non-hydrogen) atoms. The Labute approximate surface area is 278 Å². The molecule has 0 bridgehead atoms. The SMILES string of the molecule is CC(C)(C)OC(=O)CCC(C(N)=O)N1Cc2c(OCc3ccc(SC4CCN(c5ccc(C#N)cc5F)CC4)nc3)cccc2C1=O. The third-order valence-corrected chi connectivity index (χ3v) is 9.33. The zero-order chi connectivity index (χ0) is 33.7. The minimum Gasteiger partial charge on any atom is -0.488 e. The Morgan fingerprint density at radius 3 is 2.57 bits per heavy atom. The minimum absolute atomic E-state index is 0.0482. The van der Waals surface area contributed by atoms with Gasteiger partial charge in [-0.05, 0) is 76.4 Å². The summed E-state index contributed by atoms with van der Waals surface area (Å²) in [5.41, 5.74) is 7.80. The molecule has 246 valence electrons. The highest BCUT2D eigenvalue weighted by Crippen LogP contribution is 2.35. The predicted molar refractivity (Wildman–Crippen MR) is 175 cm³/mol. The molecule has 3 aromatic rings. The summed E-state index contributed by atoms with van der Waals surface area (Å²) in [5, 5.41) is 10.2. The smallest absolute Gasteiger partial charge is 0.306 e. The normalized spacial score (nSPS) is 15.6. The molecule has 1 aromatic heterocycles. The molecule has 1 saturated heterocycles.